The van der Waals surface area contributed by atoms with Crippen LogP contribution in [0.1, 0.15) is 34.8 Å². The summed E-state index contributed by atoms with van der Waals surface area (Å²) in [7, 11) is 1.85. The number of hydrogen-bond acceptors (Lipinski definition) is 2. The number of hydrogen-bond donors (Lipinski definition) is 0. The van der Waals surface area contributed by atoms with Crippen LogP contribution in [-0.4, -0.2) is 16.1 Å². The third-order valence-electron chi connectivity index (χ3n) is 2.02. The molecule has 0 radical (unpaired) electrons. The molecule has 0 aliphatic heterocycles. The Hall–Kier alpha value is -1.12. The highest BCUT2D eigenvalue weighted by Crippen LogP contribution is 2.40. The standard InChI is InChI=1S/C8H10N2O/c1-10-4-7(6-2-3-6)8(5-11)9-10/h4-6H,2-3H2,1H3. The minimum atomic E-state index is 0.615. The molecular formula is C8H10N2O. The molecule has 0 N–H and O–H groups in total. The van der Waals surface area contributed by atoms with Gasteiger partial charge in [0.05, 0.1) is 0 Å². The van der Waals surface area contributed by atoms with Gasteiger partial charge in [0.25, 0.3) is 0 Å². The Bertz CT molecular complexity index is 286. The first kappa shape index (κ1) is 6.58. The number of aromatic nitrogens is 2. The lowest BCUT2D eigenvalue weighted by molar-refractivity contribution is 0.111. The smallest absolute Gasteiger partial charge is 0.170 e. The fourth-order valence-corrected chi connectivity index (χ4v) is 1.32. The van der Waals surface area contributed by atoms with Crippen molar-refractivity contribution in [2.24, 2.45) is 7.05 Å². The van der Waals surface area contributed by atoms with Crippen molar-refractivity contribution >= 4 is 6.29 Å². The Morgan fingerprint density at radius 1 is 1.73 bits per heavy atom. The molecule has 0 saturated heterocycles. The van der Waals surface area contributed by atoms with E-state index in [2.05, 4.69) is 5.10 Å². The summed E-state index contributed by atoms with van der Waals surface area (Å²) in [6.45, 7) is 0. The highest BCUT2D eigenvalue weighted by atomic mass is 16.1. The topological polar surface area (TPSA) is 34.9 Å². The molecule has 1 saturated carbocycles. The van der Waals surface area contributed by atoms with Crippen LogP contribution < -0.4 is 0 Å². The van der Waals surface area contributed by atoms with Crippen LogP contribution in [0.4, 0.5) is 0 Å². The quantitative estimate of drug-likeness (QED) is 0.592. The molecule has 3 nitrogen and oxygen atoms in total. The van der Waals surface area contributed by atoms with E-state index in [1.807, 2.05) is 13.2 Å². The lowest BCUT2D eigenvalue weighted by atomic mass is 10.2. The molecule has 11 heavy (non-hydrogen) atoms. The second-order valence-corrected chi connectivity index (χ2v) is 3.04. The fraction of sp³-hybridized carbons (Fsp3) is 0.500. The van der Waals surface area contributed by atoms with Crippen LogP contribution in [-0.2, 0) is 7.05 Å². The van der Waals surface area contributed by atoms with Gasteiger partial charge in [0.2, 0.25) is 0 Å². The molecule has 1 heterocycles. The Kier molecular flexibility index (Phi) is 1.31. The number of rotatable bonds is 2. The van der Waals surface area contributed by atoms with E-state index in [0.29, 0.717) is 11.6 Å². The summed E-state index contributed by atoms with van der Waals surface area (Å²) < 4.78 is 1.71. The van der Waals surface area contributed by atoms with E-state index in [9.17, 15) is 4.79 Å². The number of nitrogens with zero attached hydrogens (tertiary/aromatic N) is 2. The van der Waals surface area contributed by atoms with Crippen LogP contribution in [0.25, 0.3) is 0 Å². The zero-order valence-electron chi connectivity index (χ0n) is 6.45. The molecule has 0 aromatic carbocycles. The number of aryl methyl sites for hydroxylation is 1. The maximum Gasteiger partial charge on any atom is 0.170 e. The largest absolute Gasteiger partial charge is 0.296 e. The summed E-state index contributed by atoms with van der Waals surface area (Å²) in [6.07, 6.45) is 5.22. The van der Waals surface area contributed by atoms with Gasteiger partial charge in [0, 0.05) is 18.8 Å². The van der Waals surface area contributed by atoms with Crippen molar-refractivity contribution in [2.75, 3.05) is 0 Å². The first-order chi connectivity index (χ1) is 5.31. The normalized spacial score (nSPS) is 16.8. The molecule has 1 fully saturated rings. The molecule has 58 valence electrons. The first-order valence-corrected chi connectivity index (χ1v) is 3.80. The summed E-state index contributed by atoms with van der Waals surface area (Å²) >= 11 is 0. The predicted molar refractivity (Wildman–Crippen MR) is 40.6 cm³/mol. The van der Waals surface area contributed by atoms with Gasteiger partial charge in [-0.2, -0.15) is 5.10 Å². The van der Waals surface area contributed by atoms with Gasteiger partial charge in [-0.1, -0.05) is 0 Å². The van der Waals surface area contributed by atoms with E-state index in [1.54, 1.807) is 4.68 Å². The van der Waals surface area contributed by atoms with Crippen LogP contribution in [0, 0.1) is 0 Å². The molecule has 1 aliphatic carbocycles. The molecule has 0 bridgehead atoms. The lowest BCUT2D eigenvalue weighted by Crippen LogP contribution is -1.89. The highest BCUT2D eigenvalue weighted by Gasteiger charge is 2.27. The van der Waals surface area contributed by atoms with E-state index in [0.717, 1.165) is 11.8 Å². The van der Waals surface area contributed by atoms with Gasteiger partial charge in [0.1, 0.15) is 5.69 Å². The summed E-state index contributed by atoms with van der Waals surface area (Å²) in [4.78, 5) is 10.5. The molecule has 0 amide bonds. The van der Waals surface area contributed by atoms with Gasteiger partial charge >= 0.3 is 0 Å². The maximum absolute atomic E-state index is 10.5. The zero-order chi connectivity index (χ0) is 7.84. The molecule has 1 aromatic rings. The average molecular weight is 150 g/mol. The molecule has 0 unspecified atom stereocenters. The average Bonchev–Trinajstić information content (AvgIpc) is 2.75. The van der Waals surface area contributed by atoms with Gasteiger partial charge in [-0.15, -0.1) is 0 Å². The van der Waals surface area contributed by atoms with Gasteiger partial charge < -0.3 is 0 Å². The van der Waals surface area contributed by atoms with Gasteiger partial charge in [-0.25, -0.2) is 0 Å². The lowest BCUT2D eigenvalue weighted by Gasteiger charge is -1.87. The molecule has 1 aliphatic rings. The van der Waals surface area contributed by atoms with E-state index in [4.69, 9.17) is 0 Å². The first-order valence-electron chi connectivity index (χ1n) is 3.80. The van der Waals surface area contributed by atoms with E-state index in [-0.39, 0.29) is 0 Å². The van der Waals surface area contributed by atoms with Crippen LogP contribution in [0.3, 0.4) is 0 Å². The van der Waals surface area contributed by atoms with Crippen LogP contribution in [0.15, 0.2) is 6.20 Å². The Morgan fingerprint density at radius 3 is 3.00 bits per heavy atom. The maximum atomic E-state index is 10.5. The minimum absolute atomic E-state index is 0.615. The van der Waals surface area contributed by atoms with Crippen molar-refractivity contribution < 1.29 is 4.79 Å². The second kappa shape index (κ2) is 2.19. The van der Waals surface area contributed by atoms with Crippen molar-refractivity contribution in [3.8, 4) is 0 Å². The van der Waals surface area contributed by atoms with Crippen molar-refractivity contribution in [1.82, 2.24) is 9.78 Å². The Morgan fingerprint density at radius 2 is 2.45 bits per heavy atom. The van der Waals surface area contributed by atoms with E-state index < -0.39 is 0 Å². The predicted octanol–water partition coefficient (Wildman–Crippen LogP) is 1.11. The zero-order valence-corrected chi connectivity index (χ0v) is 6.45. The summed E-state index contributed by atoms with van der Waals surface area (Å²) in [5, 5.41) is 4.04. The van der Waals surface area contributed by atoms with Gasteiger partial charge in [-0.3, -0.25) is 9.48 Å². The molecular weight excluding hydrogens is 140 g/mol. The third-order valence-corrected chi connectivity index (χ3v) is 2.02. The van der Waals surface area contributed by atoms with Crippen molar-refractivity contribution in [3.63, 3.8) is 0 Å². The highest BCUT2D eigenvalue weighted by molar-refractivity contribution is 5.74. The summed E-state index contributed by atoms with van der Waals surface area (Å²) in [5.74, 6) is 0.615. The Labute approximate surface area is 65.0 Å². The molecule has 3 heteroatoms. The third kappa shape index (κ3) is 1.06. The molecule has 0 spiro atoms. The van der Waals surface area contributed by atoms with Crippen molar-refractivity contribution in [3.05, 3.63) is 17.5 Å². The van der Waals surface area contributed by atoms with Crippen molar-refractivity contribution in [2.45, 2.75) is 18.8 Å². The Balaban J connectivity index is 2.41. The number of carbonyl (C=O) groups excluding carboxylic acids is 1. The van der Waals surface area contributed by atoms with Crippen LogP contribution in [0.2, 0.25) is 0 Å². The van der Waals surface area contributed by atoms with E-state index in [1.165, 1.54) is 12.8 Å². The van der Waals surface area contributed by atoms with Crippen molar-refractivity contribution in [1.29, 1.82) is 0 Å². The molecule has 0 atom stereocenters. The van der Waals surface area contributed by atoms with Crippen LogP contribution in [0.5, 0.6) is 0 Å². The fourth-order valence-electron chi connectivity index (χ4n) is 1.32. The molecule has 1 aromatic heterocycles. The summed E-state index contributed by atoms with van der Waals surface area (Å²) in [5.41, 5.74) is 1.75. The van der Waals surface area contributed by atoms with E-state index >= 15 is 0 Å². The number of carbonyl (C=O) groups is 1. The SMILES string of the molecule is Cn1cc(C2CC2)c(C=O)n1. The summed E-state index contributed by atoms with van der Waals surface area (Å²) in [6, 6.07) is 0. The van der Waals surface area contributed by atoms with Gasteiger partial charge in [-0.05, 0) is 18.8 Å². The van der Waals surface area contributed by atoms with Crippen LogP contribution >= 0.6 is 0 Å². The minimum Gasteiger partial charge on any atom is -0.296 e. The second-order valence-electron chi connectivity index (χ2n) is 3.04. The monoisotopic (exact) mass is 150 g/mol. The molecule has 2 rings (SSSR count). The number of aldehydes is 1. The van der Waals surface area contributed by atoms with Gasteiger partial charge in [0.15, 0.2) is 6.29 Å².